The molecule has 1 aromatic rings. The molecule has 0 aromatic heterocycles. The van der Waals surface area contributed by atoms with Crippen molar-refractivity contribution >= 4 is 5.91 Å². The summed E-state index contributed by atoms with van der Waals surface area (Å²) in [5.41, 5.74) is 7.30. The third-order valence-corrected chi connectivity index (χ3v) is 4.65. The monoisotopic (exact) mass is 287 g/mol. The lowest BCUT2D eigenvalue weighted by atomic mass is 10.0. The quantitative estimate of drug-likeness (QED) is 0.918. The number of hydrogen-bond donors (Lipinski definition) is 1. The highest BCUT2D eigenvalue weighted by Crippen LogP contribution is 2.23. The second kappa shape index (κ2) is 6.58. The number of hydrogen-bond acceptors (Lipinski definition) is 3. The first kappa shape index (κ1) is 14.5. The molecule has 0 bridgehead atoms. The summed E-state index contributed by atoms with van der Waals surface area (Å²) >= 11 is 0. The molecule has 114 valence electrons. The molecule has 21 heavy (non-hydrogen) atoms. The molecule has 0 spiro atoms. The van der Waals surface area contributed by atoms with Gasteiger partial charge in [0.05, 0.1) is 6.04 Å². The van der Waals surface area contributed by atoms with Gasteiger partial charge in [0.1, 0.15) is 0 Å². The van der Waals surface area contributed by atoms with Crippen LogP contribution in [-0.2, 0) is 11.3 Å². The Kier molecular flexibility index (Phi) is 4.56. The van der Waals surface area contributed by atoms with Crippen molar-refractivity contribution in [2.24, 2.45) is 5.73 Å². The topological polar surface area (TPSA) is 49.6 Å². The van der Waals surface area contributed by atoms with Gasteiger partial charge in [0.2, 0.25) is 5.91 Å². The maximum absolute atomic E-state index is 12.8. The van der Waals surface area contributed by atoms with Crippen LogP contribution < -0.4 is 5.73 Å². The van der Waals surface area contributed by atoms with E-state index in [1.165, 1.54) is 5.56 Å². The van der Waals surface area contributed by atoms with E-state index in [0.29, 0.717) is 5.91 Å². The average molecular weight is 287 g/mol. The maximum atomic E-state index is 12.8. The van der Waals surface area contributed by atoms with E-state index in [0.717, 1.165) is 51.9 Å². The molecule has 0 saturated carbocycles. The number of piperidine rings is 1. The Labute approximate surface area is 126 Å². The third-order valence-electron chi connectivity index (χ3n) is 4.65. The standard InChI is InChI=1S/C17H25N3O/c18-15-8-4-11-20(13-15)17(21)16-9-5-10-19(16)12-14-6-2-1-3-7-14/h1-3,6-7,15-16H,4-5,8-13,18H2. The van der Waals surface area contributed by atoms with Crippen LogP contribution in [0, 0.1) is 0 Å². The van der Waals surface area contributed by atoms with E-state index in [1.54, 1.807) is 0 Å². The average Bonchev–Trinajstić information content (AvgIpc) is 2.95. The Morgan fingerprint density at radius 1 is 1.14 bits per heavy atom. The summed E-state index contributed by atoms with van der Waals surface area (Å²) < 4.78 is 0. The lowest BCUT2D eigenvalue weighted by Gasteiger charge is -2.35. The molecule has 1 amide bonds. The Morgan fingerprint density at radius 3 is 2.67 bits per heavy atom. The van der Waals surface area contributed by atoms with E-state index in [1.807, 2.05) is 11.0 Å². The summed E-state index contributed by atoms with van der Waals surface area (Å²) in [7, 11) is 0. The molecule has 2 N–H and O–H groups in total. The third kappa shape index (κ3) is 3.44. The van der Waals surface area contributed by atoms with E-state index >= 15 is 0 Å². The zero-order valence-corrected chi connectivity index (χ0v) is 12.6. The van der Waals surface area contributed by atoms with Crippen molar-refractivity contribution in [2.45, 2.75) is 44.3 Å². The first-order valence-electron chi connectivity index (χ1n) is 8.06. The maximum Gasteiger partial charge on any atom is 0.239 e. The zero-order valence-electron chi connectivity index (χ0n) is 12.6. The predicted octanol–water partition coefficient (Wildman–Crippen LogP) is 1.60. The zero-order chi connectivity index (χ0) is 14.7. The van der Waals surface area contributed by atoms with Crippen LogP contribution >= 0.6 is 0 Å². The van der Waals surface area contributed by atoms with E-state index < -0.39 is 0 Å². The number of likely N-dealkylation sites (tertiary alicyclic amines) is 2. The van der Waals surface area contributed by atoms with Crippen LogP contribution in [0.5, 0.6) is 0 Å². The second-order valence-electron chi connectivity index (χ2n) is 6.30. The molecule has 4 heteroatoms. The van der Waals surface area contributed by atoms with E-state index in [2.05, 4.69) is 29.2 Å². The molecular formula is C17H25N3O. The fraction of sp³-hybridized carbons (Fsp3) is 0.588. The molecule has 1 aromatic carbocycles. The van der Waals surface area contributed by atoms with Crippen LogP contribution in [0.1, 0.15) is 31.2 Å². The molecule has 2 aliphatic heterocycles. The fourth-order valence-electron chi connectivity index (χ4n) is 3.53. The van der Waals surface area contributed by atoms with Crippen LogP contribution in [0.2, 0.25) is 0 Å². The van der Waals surface area contributed by atoms with Crippen molar-refractivity contribution in [3.63, 3.8) is 0 Å². The molecule has 2 aliphatic rings. The lowest BCUT2D eigenvalue weighted by molar-refractivity contribution is -0.137. The van der Waals surface area contributed by atoms with Crippen LogP contribution in [0.15, 0.2) is 30.3 Å². The van der Waals surface area contributed by atoms with Crippen LogP contribution in [0.25, 0.3) is 0 Å². The smallest absolute Gasteiger partial charge is 0.239 e. The summed E-state index contributed by atoms with van der Waals surface area (Å²) in [6, 6.07) is 10.6. The van der Waals surface area contributed by atoms with Gasteiger partial charge in [0.25, 0.3) is 0 Å². The molecule has 2 saturated heterocycles. The van der Waals surface area contributed by atoms with Gasteiger partial charge >= 0.3 is 0 Å². The van der Waals surface area contributed by atoms with Crippen molar-refractivity contribution in [1.82, 2.24) is 9.80 Å². The fourth-order valence-corrected chi connectivity index (χ4v) is 3.53. The van der Waals surface area contributed by atoms with Crippen molar-refractivity contribution in [3.05, 3.63) is 35.9 Å². The predicted molar refractivity (Wildman–Crippen MR) is 83.7 cm³/mol. The number of carbonyl (C=O) groups is 1. The van der Waals surface area contributed by atoms with Crippen molar-refractivity contribution < 1.29 is 4.79 Å². The highest BCUT2D eigenvalue weighted by Gasteiger charge is 2.34. The Balaban J connectivity index is 1.64. The van der Waals surface area contributed by atoms with Crippen molar-refractivity contribution in [2.75, 3.05) is 19.6 Å². The van der Waals surface area contributed by atoms with E-state index in [9.17, 15) is 4.79 Å². The molecule has 0 aliphatic carbocycles. The van der Waals surface area contributed by atoms with Gasteiger partial charge in [0, 0.05) is 25.7 Å². The van der Waals surface area contributed by atoms with Gasteiger partial charge in [-0.05, 0) is 37.8 Å². The Hall–Kier alpha value is -1.39. The number of nitrogens with zero attached hydrogens (tertiary/aromatic N) is 2. The normalized spacial score (nSPS) is 27.0. The SMILES string of the molecule is NC1CCCN(C(=O)C2CCCN2Cc2ccccc2)C1. The Morgan fingerprint density at radius 2 is 1.90 bits per heavy atom. The highest BCUT2D eigenvalue weighted by molar-refractivity contribution is 5.82. The van der Waals surface area contributed by atoms with Gasteiger partial charge in [-0.25, -0.2) is 0 Å². The largest absolute Gasteiger partial charge is 0.340 e. The van der Waals surface area contributed by atoms with Gasteiger partial charge in [-0.3, -0.25) is 9.69 Å². The minimum atomic E-state index is 0.0514. The summed E-state index contributed by atoms with van der Waals surface area (Å²) in [5.74, 6) is 0.290. The van der Waals surface area contributed by atoms with Gasteiger partial charge in [-0.15, -0.1) is 0 Å². The molecular weight excluding hydrogens is 262 g/mol. The first-order valence-corrected chi connectivity index (χ1v) is 8.06. The van der Waals surface area contributed by atoms with Crippen molar-refractivity contribution in [3.8, 4) is 0 Å². The molecule has 3 rings (SSSR count). The minimum Gasteiger partial charge on any atom is -0.340 e. The summed E-state index contributed by atoms with van der Waals surface area (Å²) in [6.45, 7) is 3.50. The molecule has 4 nitrogen and oxygen atoms in total. The van der Waals surface area contributed by atoms with Gasteiger partial charge in [-0.1, -0.05) is 30.3 Å². The summed E-state index contributed by atoms with van der Waals surface area (Å²) in [6.07, 6.45) is 4.18. The number of benzene rings is 1. The van der Waals surface area contributed by atoms with Crippen LogP contribution in [-0.4, -0.2) is 47.4 Å². The highest BCUT2D eigenvalue weighted by atomic mass is 16.2. The number of amides is 1. The van der Waals surface area contributed by atoms with Crippen LogP contribution in [0.4, 0.5) is 0 Å². The molecule has 2 fully saturated rings. The lowest BCUT2D eigenvalue weighted by Crippen LogP contribution is -2.51. The second-order valence-corrected chi connectivity index (χ2v) is 6.30. The van der Waals surface area contributed by atoms with E-state index in [-0.39, 0.29) is 12.1 Å². The van der Waals surface area contributed by atoms with Gasteiger partial charge in [0.15, 0.2) is 0 Å². The molecule has 2 atom stereocenters. The molecule has 2 unspecified atom stereocenters. The van der Waals surface area contributed by atoms with E-state index in [4.69, 9.17) is 5.73 Å². The van der Waals surface area contributed by atoms with Crippen LogP contribution in [0.3, 0.4) is 0 Å². The molecule has 0 radical (unpaired) electrons. The molecule has 2 heterocycles. The number of rotatable bonds is 3. The number of carbonyl (C=O) groups excluding carboxylic acids is 1. The summed E-state index contributed by atoms with van der Waals surface area (Å²) in [4.78, 5) is 17.1. The number of nitrogens with two attached hydrogens (primary N) is 1. The first-order chi connectivity index (χ1) is 10.2. The minimum absolute atomic E-state index is 0.0514. The van der Waals surface area contributed by atoms with Crippen molar-refractivity contribution in [1.29, 1.82) is 0 Å². The Bertz CT molecular complexity index is 476. The van der Waals surface area contributed by atoms with Gasteiger partial charge < -0.3 is 10.6 Å². The van der Waals surface area contributed by atoms with Gasteiger partial charge in [-0.2, -0.15) is 0 Å². The summed E-state index contributed by atoms with van der Waals surface area (Å²) in [5, 5.41) is 0.